The van der Waals surface area contributed by atoms with Crippen LogP contribution in [0.25, 0.3) is 22.5 Å². The second-order valence-corrected chi connectivity index (χ2v) is 11.2. The average Bonchev–Trinajstić information content (AvgIpc) is 3.26. The van der Waals surface area contributed by atoms with E-state index in [4.69, 9.17) is 23.2 Å². The van der Waals surface area contributed by atoms with E-state index in [1.54, 1.807) is 25.1 Å². The van der Waals surface area contributed by atoms with Crippen LogP contribution < -0.4 is 21.3 Å². The van der Waals surface area contributed by atoms with Gasteiger partial charge < -0.3 is 15.6 Å². The summed E-state index contributed by atoms with van der Waals surface area (Å²) in [5, 5.41) is 10.7. The number of benzene rings is 3. The number of aromatic nitrogens is 2. The normalized spacial score (nSPS) is 13.6. The van der Waals surface area contributed by atoms with Gasteiger partial charge in [-0.05, 0) is 73.5 Å². The topological polar surface area (TPSA) is 120 Å². The Morgan fingerprint density at radius 1 is 1.18 bits per heavy atom. The van der Waals surface area contributed by atoms with Crippen molar-refractivity contribution in [2.24, 2.45) is 11.6 Å². The SMILES string of the molecule is Cc1nc(C(C)F)c(Cl)n1-c1ccc(-c2cc(F)c(CO)c(S(C)=O)c2)cc1N(N)/C(=C\N)c1ccc(OC(F)(F)F)cc1. The minimum atomic E-state index is -4.89. The molecule has 234 valence electrons. The highest BCUT2D eigenvalue weighted by Crippen LogP contribution is 2.38. The number of halogens is 6. The van der Waals surface area contributed by atoms with Crippen molar-refractivity contribution < 1.29 is 36.0 Å². The fourth-order valence-electron chi connectivity index (χ4n) is 4.61. The maximum absolute atomic E-state index is 15.0. The van der Waals surface area contributed by atoms with E-state index in [1.165, 1.54) is 42.0 Å². The molecule has 1 heterocycles. The van der Waals surface area contributed by atoms with Gasteiger partial charge in [0.1, 0.15) is 34.4 Å². The number of imidazole rings is 1. The standard InChI is InChI=1S/C29H27ClF5N5O3S/c1-15(31)27-28(30)39(16(2)38-27)23-9-6-18(19-10-22(32)21(14-41)26(12-19)44(3)42)11-24(23)40(37)25(13-36)17-4-7-20(8-5-17)43-29(33,34)35/h4-13,15,41H,14,36-37H2,1-3H3/b25-13-. The molecule has 0 aliphatic rings. The van der Waals surface area contributed by atoms with Crippen molar-refractivity contribution in [3.8, 4) is 22.6 Å². The molecule has 5 N–H and O–H groups in total. The molecule has 0 radical (unpaired) electrons. The number of alkyl halides is 4. The smallest absolute Gasteiger partial charge is 0.406 e. The number of ether oxygens (including phenoxy) is 1. The lowest BCUT2D eigenvalue weighted by molar-refractivity contribution is -0.274. The van der Waals surface area contributed by atoms with Gasteiger partial charge >= 0.3 is 6.36 Å². The van der Waals surface area contributed by atoms with Gasteiger partial charge in [0.25, 0.3) is 0 Å². The molecule has 4 rings (SSSR count). The number of anilines is 1. The van der Waals surface area contributed by atoms with E-state index in [2.05, 4.69) is 9.72 Å². The molecule has 4 aromatic rings. The number of nitrogens with zero attached hydrogens (tertiary/aromatic N) is 3. The highest BCUT2D eigenvalue weighted by atomic mass is 35.5. The van der Waals surface area contributed by atoms with Gasteiger partial charge in [-0.1, -0.05) is 17.7 Å². The summed E-state index contributed by atoms with van der Waals surface area (Å²) in [4.78, 5) is 4.33. The van der Waals surface area contributed by atoms with E-state index < -0.39 is 41.5 Å². The first-order valence-electron chi connectivity index (χ1n) is 12.8. The van der Waals surface area contributed by atoms with E-state index in [9.17, 15) is 31.3 Å². The van der Waals surface area contributed by atoms with Crippen LogP contribution in [0.5, 0.6) is 5.75 Å². The summed E-state index contributed by atoms with van der Waals surface area (Å²) in [7, 11) is -1.64. The summed E-state index contributed by atoms with van der Waals surface area (Å²) >= 11 is 6.55. The third-order valence-corrected chi connectivity index (χ3v) is 7.97. The molecule has 3 aromatic carbocycles. The van der Waals surface area contributed by atoms with E-state index in [1.807, 2.05) is 0 Å². The van der Waals surface area contributed by atoms with E-state index in [-0.39, 0.29) is 32.7 Å². The monoisotopic (exact) mass is 655 g/mol. The van der Waals surface area contributed by atoms with Gasteiger partial charge in [-0.25, -0.2) is 19.6 Å². The number of hydrazine groups is 1. The van der Waals surface area contributed by atoms with Crippen molar-refractivity contribution in [1.29, 1.82) is 0 Å². The van der Waals surface area contributed by atoms with Crippen molar-refractivity contribution in [2.75, 3.05) is 11.3 Å². The molecule has 0 saturated carbocycles. The number of nitrogens with two attached hydrogens (primary N) is 2. The Morgan fingerprint density at radius 2 is 1.84 bits per heavy atom. The van der Waals surface area contributed by atoms with Crippen LogP contribution >= 0.6 is 11.6 Å². The van der Waals surface area contributed by atoms with Gasteiger partial charge in [-0.15, -0.1) is 13.2 Å². The van der Waals surface area contributed by atoms with Crippen LogP contribution in [0.15, 0.2) is 65.7 Å². The third kappa shape index (κ3) is 6.73. The van der Waals surface area contributed by atoms with Crippen molar-refractivity contribution in [3.05, 3.63) is 94.4 Å². The molecule has 8 nitrogen and oxygen atoms in total. The molecule has 0 bridgehead atoms. The van der Waals surface area contributed by atoms with Gasteiger partial charge in [0.05, 0.1) is 34.5 Å². The fourth-order valence-corrected chi connectivity index (χ4v) is 5.81. The first-order chi connectivity index (χ1) is 20.7. The van der Waals surface area contributed by atoms with Crippen molar-refractivity contribution in [3.63, 3.8) is 0 Å². The fraction of sp³-hybridized carbons (Fsp3) is 0.207. The number of aliphatic hydroxyl groups is 1. The van der Waals surface area contributed by atoms with Crippen LogP contribution in [0, 0.1) is 12.7 Å². The Balaban J connectivity index is 1.92. The average molecular weight is 656 g/mol. The number of aryl methyl sites for hydroxylation is 1. The van der Waals surface area contributed by atoms with Gasteiger partial charge in [0, 0.05) is 28.5 Å². The van der Waals surface area contributed by atoms with Gasteiger partial charge in [0.2, 0.25) is 0 Å². The lowest BCUT2D eigenvalue weighted by Gasteiger charge is -2.26. The number of rotatable bonds is 9. The maximum Gasteiger partial charge on any atom is 0.573 e. The maximum atomic E-state index is 15.0. The van der Waals surface area contributed by atoms with Crippen LogP contribution in [-0.4, -0.2) is 31.5 Å². The molecule has 0 amide bonds. The Bertz CT molecular complexity index is 1740. The zero-order valence-corrected chi connectivity index (χ0v) is 25.1. The molecule has 0 aliphatic carbocycles. The number of hydrogen-bond acceptors (Lipinski definition) is 7. The first-order valence-corrected chi connectivity index (χ1v) is 14.7. The van der Waals surface area contributed by atoms with Crippen LogP contribution in [0.2, 0.25) is 5.15 Å². The summed E-state index contributed by atoms with van der Waals surface area (Å²) in [5.74, 6) is 5.67. The highest BCUT2D eigenvalue weighted by Gasteiger charge is 2.31. The molecule has 2 unspecified atom stereocenters. The number of aliphatic hydroxyl groups excluding tert-OH is 1. The predicted molar refractivity (Wildman–Crippen MR) is 158 cm³/mol. The molecule has 0 spiro atoms. The Hall–Kier alpha value is -3.98. The predicted octanol–water partition coefficient (Wildman–Crippen LogP) is 6.44. The van der Waals surface area contributed by atoms with E-state index >= 15 is 0 Å². The molecule has 1 aromatic heterocycles. The number of hydrogen-bond donors (Lipinski definition) is 3. The zero-order valence-electron chi connectivity index (χ0n) is 23.5. The molecule has 0 aliphatic heterocycles. The summed E-state index contributed by atoms with van der Waals surface area (Å²) in [6, 6.07) is 12.2. The van der Waals surface area contributed by atoms with Gasteiger partial charge in [-0.3, -0.25) is 13.8 Å². The molecule has 0 fully saturated rings. The lowest BCUT2D eigenvalue weighted by atomic mass is 10.0. The van der Waals surface area contributed by atoms with Crippen LogP contribution in [0.1, 0.15) is 35.7 Å². The molecular formula is C29H27ClF5N5O3S. The van der Waals surface area contributed by atoms with Crippen molar-refractivity contribution in [2.45, 2.75) is 37.9 Å². The molecule has 44 heavy (non-hydrogen) atoms. The Kier molecular flexibility index (Phi) is 9.68. The zero-order chi connectivity index (χ0) is 32.5. The Morgan fingerprint density at radius 3 is 2.36 bits per heavy atom. The Labute approximate surface area is 256 Å². The second kappa shape index (κ2) is 12.9. The third-order valence-electron chi connectivity index (χ3n) is 6.62. The molecular weight excluding hydrogens is 629 g/mol. The van der Waals surface area contributed by atoms with Crippen LogP contribution in [0.4, 0.5) is 27.6 Å². The van der Waals surface area contributed by atoms with Crippen molar-refractivity contribution in [1.82, 2.24) is 9.55 Å². The summed E-state index contributed by atoms with van der Waals surface area (Å²) < 4.78 is 85.1. The van der Waals surface area contributed by atoms with Crippen LogP contribution in [0.3, 0.4) is 0 Å². The summed E-state index contributed by atoms with van der Waals surface area (Å²) in [5.41, 5.74) is 7.43. The van der Waals surface area contributed by atoms with Crippen molar-refractivity contribution >= 4 is 33.8 Å². The lowest BCUT2D eigenvalue weighted by Crippen LogP contribution is -2.31. The summed E-state index contributed by atoms with van der Waals surface area (Å²) in [6.45, 7) is 2.21. The first kappa shape index (κ1) is 32.9. The highest BCUT2D eigenvalue weighted by molar-refractivity contribution is 7.84. The molecule has 0 saturated heterocycles. The quantitative estimate of drug-likeness (QED) is 0.108. The van der Waals surface area contributed by atoms with E-state index in [0.717, 1.165) is 23.3 Å². The summed E-state index contributed by atoms with van der Waals surface area (Å²) in [6.07, 6.45) is -3.91. The second-order valence-electron chi connectivity index (χ2n) is 9.53. The van der Waals surface area contributed by atoms with Gasteiger partial charge in [-0.2, -0.15) is 0 Å². The van der Waals surface area contributed by atoms with E-state index in [0.29, 0.717) is 28.2 Å². The molecule has 15 heteroatoms. The largest absolute Gasteiger partial charge is 0.573 e. The minimum absolute atomic E-state index is 0.0191. The molecule has 2 atom stereocenters. The van der Waals surface area contributed by atoms with Crippen LogP contribution in [-0.2, 0) is 17.4 Å². The minimum Gasteiger partial charge on any atom is -0.406 e. The van der Waals surface area contributed by atoms with Gasteiger partial charge in [0.15, 0.2) is 0 Å².